The van der Waals surface area contributed by atoms with Crippen LogP contribution in [0.4, 0.5) is 0 Å². The molecule has 0 amide bonds. The summed E-state index contributed by atoms with van der Waals surface area (Å²) in [5, 5.41) is 3.24. The standard InChI is InChI=1S/C14H30N2O2S2/c1-6-14(4,5)15-10-12(3)16-8-9-19-11-13(16)20(17,18)7-2/h12-13,15H,6-11H2,1-5H3. The molecule has 0 spiro atoms. The first kappa shape index (κ1) is 18.3. The molecule has 1 N–H and O–H groups in total. The van der Waals surface area contributed by atoms with Crippen LogP contribution in [0.25, 0.3) is 0 Å². The summed E-state index contributed by atoms with van der Waals surface area (Å²) in [6.07, 6.45) is 1.06. The van der Waals surface area contributed by atoms with Gasteiger partial charge in [0, 0.05) is 41.9 Å². The Morgan fingerprint density at radius 3 is 2.60 bits per heavy atom. The highest BCUT2D eigenvalue weighted by atomic mass is 32.2. The molecule has 1 fully saturated rings. The molecule has 2 unspecified atom stereocenters. The highest BCUT2D eigenvalue weighted by molar-refractivity contribution is 8.01. The van der Waals surface area contributed by atoms with Gasteiger partial charge in [-0.05, 0) is 27.2 Å². The summed E-state index contributed by atoms with van der Waals surface area (Å²) in [6, 6.07) is 0.244. The Hall–Kier alpha value is 0.220. The second-order valence-corrected chi connectivity index (χ2v) is 9.78. The van der Waals surface area contributed by atoms with Crippen LogP contribution in [0.2, 0.25) is 0 Å². The Labute approximate surface area is 129 Å². The molecule has 6 heteroatoms. The van der Waals surface area contributed by atoms with Gasteiger partial charge in [-0.25, -0.2) is 8.42 Å². The van der Waals surface area contributed by atoms with Crippen molar-refractivity contribution < 1.29 is 8.42 Å². The number of sulfone groups is 1. The summed E-state index contributed by atoms with van der Waals surface area (Å²) in [6.45, 7) is 12.1. The van der Waals surface area contributed by atoms with E-state index in [4.69, 9.17) is 0 Å². The number of hydrogen-bond acceptors (Lipinski definition) is 5. The van der Waals surface area contributed by atoms with Crippen molar-refractivity contribution in [1.82, 2.24) is 10.2 Å². The summed E-state index contributed by atoms with van der Waals surface area (Å²) < 4.78 is 24.5. The molecule has 0 aromatic rings. The zero-order valence-corrected chi connectivity index (χ0v) is 15.1. The van der Waals surface area contributed by atoms with Gasteiger partial charge in [-0.15, -0.1) is 0 Å². The number of thioether (sulfide) groups is 1. The van der Waals surface area contributed by atoms with E-state index in [1.807, 2.05) is 0 Å². The maximum Gasteiger partial charge on any atom is 0.166 e. The van der Waals surface area contributed by atoms with Gasteiger partial charge in [-0.2, -0.15) is 11.8 Å². The fraction of sp³-hybridized carbons (Fsp3) is 1.00. The Balaban J connectivity index is 2.70. The lowest BCUT2D eigenvalue weighted by atomic mass is 10.0. The average Bonchev–Trinajstić information content (AvgIpc) is 2.45. The number of nitrogens with zero attached hydrogens (tertiary/aromatic N) is 1. The molecule has 0 bridgehead atoms. The molecular formula is C14H30N2O2S2. The van der Waals surface area contributed by atoms with Crippen molar-refractivity contribution in [3.05, 3.63) is 0 Å². The maximum atomic E-state index is 12.3. The van der Waals surface area contributed by atoms with Crippen molar-refractivity contribution in [1.29, 1.82) is 0 Å². The van der Waals surface area contributed by atoms with Crippen LogP contribution in [-0.2, 0) is 9.84 Å². The van der Waals surface area contributed by atoms with E-state index in [-0.39, 0.29) is 22.7 Å². The van der Waals surface area contributed by atoms with Crippen LogP contribution in [0.1, 0.15) is 41.0 Å². The molecule has 1 saturated heterocycles. The number of nitrogens with one attached hydrogen (secondary N) is 1. The fourth-order valence-electron chi connectivity index (χ4n) is 2.27. The molecule has 0 aromatic carbocycles. The molecular weight excluding hydrogens is 292 g/mol. The zero-order chi connectivity index (χ0) is 15.4. The molecule has 1 aliphatic heterocycles. The van der Waals surface area contributed by atoms with E-state index in [0.29, 0.717) is 5.75 Å². The van der Waals surface area contributed by atoms with E-state index in [1.54, 1.807) is 18.7 Å². The lowest BCUT2D eigenvalue weighted by Gasteiger charge is -2.40. The van der Waals surface area contributed by atoms with Crippen molar-refractivity contribution in [3.8, 4) is 0 Å². The van der Waals surface area contributed by atoms with Crippen molar-refractivity contribution in [3.63, 3.8) is 0 Å². The van der Waals surface area contributed by atoms with Crippen LogP contribution in [0.5, 0.6) is 0 Å². The normalized spacial score (nSPS) is 23.8. The number of hydrogen-bond donors (Lipinski definition) is 1. The monoisotopic (exact) mass is 322 g/mol. The maximum absolute atomic E-state index is 12.3. The van der Waals surface area contributed by atoms with E-state index in [9.17, 15) is 8.42 Å². The third kappa shape index (κ3) is 4.90. The van der Waals surface area contributed by atoms with Crippen molar-refractivity contribution in [2.24, 2.45) is 0 Å². The van der Waals surface area contributed by atoms with Gasteiger partial charge in [0.25, 0.3) is 0 Å². The fourth-order valence-corrected chi connectivity index (χ4v) is 5.39. The lowest BCUT2D eigenvalue weighted by molar-refractivity contribution is 0.187. The van der Waals surface area contributed by atoms with Crippen LogP contribution < -0.4 is 5.32 Å². The van der Waals surface area contributed by atoms with Gasteiger partial charge in [-0.3, -0.25) is 4.90 Å². The van der Waals surface area contributed by atoms with Gasteiger partial charge in [0.2, 0.25) is 0 Å². The van der Waals surface area contributed by atoms with Gasteiger partial charge in [0.1, 0.15) is 5.37 Å². The van der Waals surface area contributed by atoms with Crippen LogP contribution in [0.15, 0.2) is 0 Å². The molecule has 4 nitrogen and oxygen atoms in total. The molecule has 1 rings (SSSR count). The van der Waals surface area contributed by atoms with Gasteiger partial charge in [-0.1, -0.05) is 13.8 Å². The molecule has 20 heavy (non-hydrogen) atoms. The first-order chi connectivity index (χ1) is 9.23. The minimum atomic E-state index is -3.00. The SMILES string of the molecule is CCC(C)(C)NCC(C)N1CCSCC1S(=O)(=O)CC. The van der Waals surface area contributed by atoms with Gasteiger partial charge in [0.15, 0.2) is 9.84 Å². The second-order valence-electron chi connectivity index (χ2n) is 6.19. The van der Waals surface area contributed by atoms with E-state index < -0.39 is 9.84 Å². The Morgan fingerprint density at radius 2 is 2.05 bits per heavy atom. The second kappa shape index (κ2) is 7.47. The molecule has 0 radical (unpaired) electrons. The highest BCUT2D eigenvalue weighted by Crippen LogP contribution is 2.23. The smallest absolute Gasteiger partial charge is 0.166 e. The Morgan fingerprint density at radius 1 is 1.40 bits per heavy atom. The minimum absolute atomic E-state index is 0.109. The van der Waals surface area contributed by atoms with Crippen molar-refractivity contribution >= 4 is 21.6 Å². The summed E-state index contributed by atoms with van der Waals surface area (Å²) >= 11 is 1.75. The van der Waals surface area contributed by atoms with E-state index in [0.717, 1.165) is 25.3 Å². The molecule has 1 heterocycles. The van der Waals surface area contributed by atoms with Crippen molar-refractivity contribution in [2.75, 3.05) is 30.3 Å². The van der Waals surface area contributed by atoms with Gasteiger partial charge >= 0.3 is 0 Å². The lowest BCUT2D eigenvalue weighted by Crippen LogP contribution is -2.55. The van der Waals surface area contributed by atoms with Crippen molar-refractivity contribution in [2.45, 2.75) is 58.0 Å². The highest BCUT2D eigenvalue weighted by Gasteiger charge is 2.35. The molecule has 120 valence electrons. The topological polar surface area (TPSA) is 49.4 Å². The minimum Gasteiger partial charge on any atom is -0.310 e. The first-order valence-corrected chi connectivity index (χ1v) is 10.4. The summed E-state index contributed by atoms with van der Waals surface area (Å²) in [7, 11) is -3.00. The summed E-state index contributed by atoms with van der Waals surface area (Å²) in [4.78, 5) is 2.17. The molecule has 0 aromatic heterocycles. The van der Waals surface area contributed by atoms with Crippen LogP contribution in [0.3, 0.4) is 0 Å². The van der Waals surface area contributed by atoms with E-state index in [2.05, 4.69) is 37.9 Å². The largest absolute Gasteiger partial charge is 0.310 e. The number of rotatable bonds is 7. The molecule has 2 atom stereocenters. The van der Waals surface area contributed by atoms with Gasteiger partial charge < -0.3 is 5.32 Å². The molecule has 0 aliphatic carbocycles. The summed E-state index contributed by atoms with van der Waals surface area (Å²) in [5.41, 5.74) is 0.109. The summed E-state index contributed by atoms with van der Waals surface area (Å²) in [5.74, 6) is 1.96. The molecule has 0 saturated carbocycles. The first-order valence-electron chi connectivity index (χ1n) is 7.53. The Kier molecular flexibility index (Phi) is 6.83. The van der Waals surface area contributed by atoms with Crippen LogP contribution in [0, 0.1) is 0 Å². The predicted octanol–water partition coefficient (Wildman–Crippen LogP) is 1.96. The predicted molar refractivity (Wildman–Crippen MR) is 89.1 cm³/mol. The zero-order valence-electron chi connectivity index (χ0n) is 13.5. The quantitative estimate of drug-likeness (QED) is 0.776. The molecule has 1 aliphatic rings. The van der Waals surface area contributed by atoms with Gasteiger partial charge in [0.05, 0.1) is 0 Å². The average molecular weight is 323 g/mol. The third-order valence-corrected chi connectivity index (χ3v) is 7.57. The third-order valence-electron chi connectivity index (χ3n) is 4.27. The Bertz CT molecular complexity index is 396. The van der Waals surface area contributed by atoms with Crippen LogP contribution in [-0.4, -0.2) is 60.6 Å². The van der Waals surface area contributed by atoms with Crippen LogP contribution >= 0.6 is 11.8 Å². The van der Waals surface area contributed by atoms with E-state index >= 15 is 0 Å². The van der Waals surface area contributed by atoms with E-state index in [1.165, 1.54) is 0 Å².